The van der Waals surface area contributed by atoms with Gasteiger partial charge in [0.25, 0.3) is 0 Å². The third-order valence-electron chi connectivity index (χ3n) is 4.28. The predicted molar refractivity (Wildman–Crippen MR) is 99.5 cm³/mol. The number of hydrogen-bond acceptors (Lipinski definition) is 4. The molecular formula is C20H19N3O2. The van der Waals surface area contributed by atoms with Crippen molar-refractivity contribution in [1.82, 2.24) is 9.97 Å². The number of nitrogens with one attached hydrogen (secondary N) is 1. The summed E-state index contributed by atoms with van der Waals surface area (Å²) in [5.41, 5.74) is 10.0. The van der Waals surface area contributed by atoms with Crippen LogP contribution < -0.4 is 10.5 Å². The summed E-state index contributed by atoms with van der Waals surface area (Å²) in [7, 11) is 1.65. The number of nitrogens with two attached hydrogens (primary N) is 1. The third kappa shape index (κ3) is 2.90. The van der Waals surface area contributed by atoms with Crippen LogP contribution >= 0.6 is 0 Å². The molecule has 0 saturated carbocycles. The van der Waals surface area contributed by atoms with Crippen molar-refractivity contribution in [3.8, 4) is 5.75 Å². The van der Waals surface area contributed by atoms with Crippen LogP contribution in [0.15, 0.2) is 54.7 Å². The topological polar surface area (TPSA) is 73.2 Å². The number of rotatable bonds is 5. The van der Waals surface area contributed by atoms with E-state index in [9.17, 15) is 0 Å². The fraction of sp³-hybridized carbons (Fsp3) is 0.150. The normalized spacial score (nSPS) is 11.2. The SMILES string of the molecule is COCc1c(N)ncc2[nH]c3ccc(OCc4ccccc4)cc3c12. The predicted octanol–water partition coefficient (Wildman–Crippen LogP) is 4.02. The highest BCUT2D eigenvalue weighted by molar-refractivity contribution is 6.10. The van der Waals surface area contributed by atoms with Crippen LogP contribution in [0.4, 0.5) is 5.82 Å². The van der Waals surface area contributed by atoms with Gasteiger partial charge in [0.05, 0.1) is 18.3 Å². The van der Waals surface area contributed by atoms with E-state index in [1.165, 1.54) is 0 Å². The van der Waals surface area contributed by atoms with Crippen molar-refractivity contribution in [1.29, 1.82) is 0 Å². The van der Waals surface area contributed by atoms with Crippen LogP contribution in [-0.2, 0) is 18.0 Å². The molecule has 2 heterocycles. The fourth-order valence-electron chi connectivity index (χ4n) is 3.08. The lowest BCUT2D eigenvalue weighted by Crippen LogP contribution is -1.99. The first-order chi connectivity index (χ1) is 12.3. The van der Waals surface area contributed by atoms with Crippen molar-refractivity contribution in [2.45, 2.75) is 13.2 Å². The summed E-state index contributed by atoms with van der Waals surface area (Å²) < 4.78 is 11.3. The van der Waals surface area contributed by atoms with Gasteiger partial charge in [-0.25, -0.2) is 4.98 Å². The van der Waals surface area contributed by atoms with Crippen LogP contribution in [0.5, 0.6) is 5.75 Å². The number of ether oxygens (including phenoxy) is 2. The first kappa shape index (κ1) is 15.5. The quantitative estimate of drug-likeness (QED) is 0.578. The zero-order valence-electron chi connectivity index (χ0n) is 14.0. The smallest absolute Gasteiger partial charge is 0.129 e. The Morgan fingerprint density at radius 2 is 1.88 bits per heavy atom. The van der Waals surface area contributed by atoms with Gasteiger partial charge in [-0.05, 0) is 23.8 Å². The fourth-order valence-corrected chi connectivity index (χ4v) is 3.08. The molecule has 0 radical (unpaired) electrons. The van der Waals surface area contributed by atoms with Gasteiger partial charge in [-0.3, -0.25) is 0 Å². The summed E-state index contributed by atoms with van der Waals surface area (Å²) in [6.45, 7) is 0.946. The number of anilines is 1. The van der Waals surface area contributed by atoms with Crippen LogP contribution in [0.25, 0.3) is 21.8 Å². The summed E-state index contributed by atoms with van der Waals surface area (Å²) in [5, 5.41) is 2.09. The van der Waals surface area contributed by atoms with E-state index in [0.717, 1.165) is 38.7 Å². The maximum absolute atomic E-state index is 6.06. The molecule has 0 unspecified atom stereocenters. The molecule has 0 spiro atoms. The molecule has 0 amide bonds. The Hall–Kier alpha value is -3.05. The molecule has 3 N–H and O–H groups in total. The zero-order valence-corrected chi connectivity index (χ0v) is 14.0. The van der Waals surface area contributed by atoms with E-state index in [2.05, 4.69) is 9.97 Å². The van der Waals surface area contributed by atoms with Crippen molar-refractivity contribution in [2.75, 3.05) is 12.8 Å². The molecule has 0 saturated heterocycles. The van der Waals surface area contributed by atoms with Crippen molar-refractivity contribution < 1.29 is 9.47 Å². The van der Waals surface area contributed by atoms with Gasteiger partial charge in [0.2, 0.25) is 0 Å². The molecule has 0 aliphatic carbocycles. The van der Waals surface area contributed by atoms with Crippen molar-refractivity contribution in [3.05, 3.63) is 65.9 Å². The molecule has 2 aromatic heterocycles. The van der Waals surface area contributed by atoms with E-state index in [1.807, 2.05) is 48.5 Å². The van der Waals surface area contributed by atoms with Crippen LogP contribution in [-0.4, -0.2) is 17.1 Å². The van der Waals surface area contributed by atoms with E-state index in [1.54, 1.807) is 13.3 Å². The van der Waals surface area contributed by atoms with E-state index < -0.39 is 0 Å². The van der Waals surface area contributed by atoms with Gasteiger partial charge in [-0.1, -0.05) is 30.3 Å². The molecule has 126 valence electrons. The van der Waals surface area contributed by atoms with Gasteiger partial charge >= 0.3 is 0 Å². The van der Waals surface area contributed by atoms with Crippen LogP contribution in [0.1, 0.15) is 11.1 Å². The number of aromatic nitrogens is 2. The standard InChI is InChI=1S/C20H19N3O2/c1-24-12-16-19-15-9-14(25-11-13-5-3-2-4-6-13)7-8-17(15)23-18(19)10-22-20(16)21/h2-10,23H,11-12H2,1H3,(H2,21,22). The molecule has 0 atom stereocenters. The lowest BCUT2D eigenvalue weighted by Gasteiger charge is -2.08. The highest BCUT2D eigenvalue weighted by atomic mass is 16.5. The molecule has 5 heteroatoms. The maximum atomic E-state index is 6.06. The zero-order chi connectivity index (χ0) is 17.2. The molecule has 2 aromatic carbocycles. The van der Waals surface area contributed by atoms with Gasteiger partial charge in [0.15, 0.2) is 0 Å². The number of pyridine rings is 1. The van der Waals surface area contributed by atoms with Gasteiger partial charge in [-0.15, -0.1) is 0 Å². The maximum Gasteiger partial charge on any atom is 0.129 e. The average molecular weight is 333 g/mol. The Kier molecular flexibility index (Phi) is 3.99. The lowest BCUT2D eigenvalue weighted by molar-refractivity contribution is 0.186. The summed E-state index contributed by atoms with van der Waals surface area (Å²) in [5.74, 6) is 1.31. The van der Waals surface area contributed by atoms with Crippen molar-refractivity contribution in [2.24, 2.45) is 0 Å². The number of H-pyrrole nitrogens is 1. The second-order valence-electron chi connectivity index (χ2n) is 5.95. The second kappa shape index (κ2) is 6.45. The molecule has 0 fully saturated rings. The third-order valence-corrected chi connectivity index (χ3v) is 4.28. The molecule has 4 rings (SSSR count). The monoisotopic (exact) mass is 333 g/mol. The largest absolute Gasteiger partial charge is 0.489 e. The second-order valence-corrected chi connectivity index (χ2v) is 5.95. The Balaban J connectivity index is 1.76. The minimum absolute atomic E-state index is 0.415. The van der Waals surface area contributed by atoms with Gasteiger partial charge in [0.1, 0.15) is 18.2 Å². The number of hydrogen-bond donors (Lipinski definition) is 2. The number of benzene rings is 2. The summed E-state index contributed by atoms with van der Waals surface area (Å²) in [6.07, 6.45) is 1.76. The molecule has 25 heavy (non-hydrogen) atoms. The Bertz CT molecular complexity index is 1030. The molecule has 5 nitrogen and oxygen atoms in total. The summed E-state index contributed by atoms with van der Waals surface area (Å²) >= 11 is 0. The summed E-state index contributed by atoms with van der Waals surface area (Å²) in [4.78, 5) is 7.63. The van der Waals surface area contributed by atoms with Crippen molar-refractivity contribution in [3.63, 3.8) is 0 Å². The van der Waals surface area contributed by atoms with Crippen LogP contribution in [0.2, 0.25) is 0 Å². The molecule has 0 aliphatic rings. The minimum atomic E-state index is 0.415. The molecular weight excluding hydrogens is 314 g/mol. The number of methoxy groups -OCH3 is 1. The highest BCUT2D eigenvalue weighted by Gasteiger charge is 2.13. The number of aromatic amines is 1. The van der Waals surface area contributed by atoms with E-state index >= 15 is 0 Å². The van der Waals surface area contributed by atoms with Crippen molar-refractivity contribution >= 4 is 27.6 Å². The van der Waals surface area contributed by atoms with Gasteiger partial charge in [0, 0.05) is 29.0 Å². The van der Waals surface area contributed by atoms with Gasteiger partial charge in [-0.2, -0.15) is 0 Å². The Morgan fingerprint density at radius 3 is 2.68 bits per heavy atom. The Morgan fingerprint density at radius 1 is 1.04 bits per heavy atom. The number of nitrogen functional groups attached to an aromatic ring is 1. The van der Waals surface area contributed by atoms with Gasteiger partial charge < -0.3 is 20.2 Å². The highest BCUT2D eigenvalue weighted by Crippen LogP contribution is 2.33. The first-order valence-corrected chi connectivity index (χ1v) is 8.10. The van der Waals surface area contributed by atoms with E-state index in [0.29, 0.717) is 19.0 Å². The average Bonchev–Trinajstić information content (AvgIpc) is 3.01. The first-order valence-electron chi connectivity index (χ1n) is 8.10. The van der Waals surface area contributed by atoms with Crippen LogP contribution in [0.3, 0.4) is 0 Å². The summed E-state index contributed by atoms with van der Waals surface area (Å²) in [6, 6.07) is 16.1. The Labute approximate surface area is 145 Å². The molecule has 0 aliphatic heterocycles. The van der Waals surface area contributed by atoms with E-state index in [4.69, 9.17) is 15.2 Å². The van der Waals surface area contributed by atoms with E-state index in [-0.39, 0.29) is 0 Å². The lowest BCUT2D eigenvalue weighted by atomic mass is 10.1. The minimum Gasteiger partial charge on any atom is -0.489 e. The molecule has 0 bridgehead atoms. The molecule has 4 aromatic rings. The number of fused-ring (bicyclic) bond motifs is 3. The van der Waals surface area contributed by atoms with Crippen LogP contribution in [0, 0.1) is 0 Å². The number of nitrogens with zero attached hydrogens (tertiary/aromatic N) is 1.